The highest BCUT2D eigenvalue weighted by Gasteiger charge is 2.19. The first-order valence-electron chi connectivity index (χ1n) is 7.87. The number of rotatable bonds is 6. The summed E-state index contributed by atoms with van der Waals surface area (Å²) in [7, 11) is 0. The lowest BCUT2D eigenvalue weighted by Crippen LogP contribution is -2.38. The number of ether oxygens (including phenoxy) is 1. The smallest absolute Gasteiger partial charge is 0.223 e. The van der Waals surface area contributed by atoms with Gasteiger partial charge >= 0.3 is 0 Å². The van der Waals surface area contributed by atoms with Crippen molar-refractivity contribution in [3.8, 4) is 5.75 Å². The molecule has 0 spiro atoms. The number of hydrogen-bond donors (Lipinski definition) is 2. The van der Waals surface area contributed by atoms with Crippen molar-refractivity contribution in [1.82, 2.24) is 5.32 Å². The van der Waals surface area contributed by atoms with Crippen molar-refractivity contribution in [2.45, 2.75) is 39.2 Å². The van der Waals surface area contributed by atoms with E-state index in [0.717, 1.165) is 36.1 Å². The van der Waals surface area contributed by atoms with E-state index in [2.05, 4.69) is 11.4 Å². The second kappa shape index (κ2) is 7.99. The predicted octanol–water partition coefficient (Wildman–Crippen LogP) is 2.52. The van der Waals surface area contributed by atoms with Crippen LogP contribution >= 0.6 is 0 Å². The molecule has 4 nitrogen and oxygen atoms in total. The van der Waals surface area contributed by atoms with Gasteiger partial charge in [0.15, 0.2) is 0 Å². The number of aryl methyl sites for hydroxylation is 2. The lowest BCUT2D eigenvalue weighted by molar-refractivity contribution is -0.125. The van der Waals surface area contributed by atoms with Crippen LogP contribution in [0.3, 0.4) is 0 Å². The van der Waals surface area contributed by atoms with E-state index in [9.17, 15) is 9.90 Å². The second-order valence-electron chi connectivity index (χ2n) is 5.91. The fourth-order valence-electron chi connectivity index (χ4n) is 2.66. The molecule has 0 bridgehead atoms. The Labute approximate surface area is 132 Å². The summed E-state index contributed by atoms with van der Waals surface area (Å²) in [6.45, 7) is 4.36. The number of carbonyl (C=O) groups excluding carboxylic acids is 1. The molecule has 22 heavy (non-hydrogen) atoms. The maximum absolute atomic E-state index is 12.0. The van der Waals surface area contributed by atoms with Crippen LogP contribution < -0.4 is 10.1 Å². The maximum Gasteiger partial charge on any atom is 0.223 e. The van der Waals surface area contributed by atoms with E-state index in [4.69, 9.17) is 4.74 Å². The van der Waals surface area contributed by atoms with Crippen molar-refractivity contribution >= 4 is 5.91 Å². The van der Waals surface area contributed by atoms with Gasteiger partial charge in [0.05, 0.1) is 0 Å². The molecule has 4 heteroatoms. The Morgan fingerprint density at radius 3 is 2.73 bits per heavy atom. The average Bonchev–Trinajstić information content (AvgIpc) is 2.53. The lowest BCUT2D eigenvalue weighted by Gasteiger charge is -2.19. The van der Waals surface area contributed by atoms with Crippen LogP contribution in [0.15, 0.2) is 30.4 Å². The minimum Gasteiger partial charge on any atom is -0.490 e. The van der Waals surface area contributed by atoms with Gasteiger partial charge < -0.3 is 15.2 Å². The molecule has 1 aromatic rings. The van der Waals surface area contributed by atoms with E-state index >= 15 is 0 Å². The molecule has 2 atom stereocenters. The average molecular weight is 303 g/mol. The van der Waals surface area contributed by atoms with E-state index in [-0.39, 0.29) is 25.0 Å². The number of benzene rings is 1. The molecule has 0 heterocycles. The molecule has 0 saturated heterocycles. The van der Waals surface area contributed by atoms with Crippen LogP contribution in [0.2, 0.25) is 0 Å². The van der Waals surface area contributed by atoms with Crippen molar-refractivity contribution < 1.29 is 14.6 Å². The SMILES string of the molecule is Cc1cccc(C)c1OC[C@@H](O)CNC(=O)[C@@H]1CC=CCC1. The van der Waals surface area contributed by atoms with Crippen molar-refractivity contribution in [3.63, 3.8) is 0 Å². The summed E-state index contributed by atoms with van der Waals surface area (Å²) >= 11 is 0. The number of amides is 1. The van der Waals surface area contributed by atoms with Gasteiger partial charge in [-0.05, 0) is 44.2 Å². The molecule has 0 unspecified atom stereocenters. The van der Waals surface area contributed by atoms with Gasteiger partial charge in [0, 0.05) is 12.5 Å². The molecule has 1 aliphatic rings. The molecule has 0 radical (unpaired) electrons. The highest BCUT2D eigenvalue weighted by molar-refractivity contribution is 5.78. The van der Waals surface area contributed by atoms with Crippen LogP contribution in [-0.2, 0) is 4.79 Å². The summed E-state index contributed by atoms with van der Waals surface area (Å²) in [6.07, 6.45) is 6.08. The Kier molecular flexibility index (Phi) is 6.01. The van der Waals surface area contributed by atoms with E-state index in [1.807, 2.05) is 38.1 Å². The van der Waals surface area contributed by atoms with Gasteiger partial charge in [-0.15, -0.1) is 0 Å². The van der Waals surface area contributed by atoms with Crippen LogP contribution in [0.25, 0.3) is 0 Å². The summed E-state index contributed by atoms with van der Waals surface area (Å²) < 4.78 is 5.69. The number of allylic oxidation sites excluding steroid dienone is 2. The number of nitrogens with one attached hydrogen (secondary N) is 1. The summed E-state index contributed by atoms with van der Waals surface area (Å²) in [5.74, 6) is 0.873. The van der Waals surface area contributed by atoms with Gasteiger partial charge in [-0.2, -0.15) is 0 Å². The van der Waals surface area contributed by atoms with Crippen molar-refractivity contribution in [2.75, 3.05) is 13.2 Å². The molecular weight excluding hydrogens is 278 g/mol. The molecule has 2 rings (SSSR count). The molecule has 0 fully saturated rings. The van der Waals surface area contributed by atoms with Gasteiger partial charge in [-0.3, -0.25) is 4.79 Å². The minimum absolute atomic E-state index is 0.0236. The fourth-order valence-corrected chi connectivity index (χ4v) is 2.66. The second-order valence-corrected chi connectivity index (χ2v) is 5.91. The maximum atomic E-state index is 12.0. The summed E-state index contributed by atoms with van der Waals surface area (Å²) in [4.78, 5) is 12.0. The topological polar surface area (TPSA) is 58.6 Å². The van der Waals surface area contributed by atoms with Crippen molar-refractivity contribution in [2.24, 2.45) is 5.92 Å². The predicted molar refractivity (Wildman–Crippen MR) is 86.9 cm³/mol. The highest BCUT2D eigenvalue weighted by atomic mass is 16.5. The van der Waals surface area contributed by atoms with E-state index in [0.29, 0.717) is 0 Å². The minimum atomic E-state index is -0.706. The summed E-state index contributed by atoms with van der Waals surface area (Å²) in [6, 6.07) is 5.94. The van der Waals surface area contributed by atoms with Crippen LogP contribution in [0, 0.1) is 19.8 Å². The third-order valence-corrected chi connectivity index (χ3v) is 3.98. The zero-order valence-electron chi connectivity index (χ0n) is 13.3. The number of aliphatic hydroxyl groups excluding tert-OH is 1. The number of aliphatic hydroxyl groups is 1. The Morgan fingerprint density at radius 1 is 1.36 bits per heavy atom. The number of para-hydroxylation sites is 1. The molecule has 1 amide bonds. The monoisotopic (exact) mass is 303 g/mol. The third kappa shape index (κ3) is 4.60. The lowest BCUT2D eigenvalue weighted by atomic mass is 9.94. The van der Waals surface area contributed by atoms with Crippen LogP contribution in [-0.4, -0.2) is 30.3 Å². The van der Waals surface area contributed by atoms with Gasteiger partial charge in [0.25, 0.3) is 0 Å². The van der Waals surface area contributed by atoms with Crippen LogP contribution in [0.1, 0.15) is 30.4 Å². The Balaban J connectivity index is 1.75. The van der Waals surface area contributed by atoms with Crippen molar-refractivity contribution in [3.05, 3.63) is 41.5 Å². The van der Waals surface area contributed by atoms with E-state index in [1.165, 1.54) is 0 Å². The molecule has 1 aromatic carbocycles. The Bertz CT molecular complexity index is 519. The first-order valence-corrected chi connectivity index (χ1v) is 7.87. The summed E-state index contributed by atoms with van der Waals surface area (Å²) in [5.41, 5.74) is 2.09. The quantitative estimate of drug-likeness (QED) is 0.794. The molecule has 0 saturated carbocycles. The Morgan fingerprint density at radius 2 is 2.09 bits per heavy atom. The number of carbonyl (C=O) groups is 1. The Hall–Kier alpha value is -1.81. The zero-order chi connectivity index (χ0) is 15.9. The largest absolute Gasteiger partial charge is 0.490 e. The van der Waals surface area contributed by atoms with Gasteiger partial charge in [0.2, 0.25) is 5.91 Å². The van der Waals surface area contributed by atoms with Gasteiger partial charge in [0.1, 0.15) is 18.5 Å². The van der Waals surface area contributed by atoms with Crippen LogP contribution in [0.4, 0.5) is 0 Å². The standard InChI is InChI=1S/C18H25NO3/c1-13-7-6-8-14(2)17(13)22-12-16(20)11-19-18(21)15-9-4-3-5-10-15/h3-4,6-8,15-16,20H,5,9-12H2,1-2H3,(H,19,21)/t15-,16+/m1/s1. The van der Waals surface area contributed by atoms with E-state index < -0.39 is 6.10 Å². The highest BCUT2D eigenvalue weighted by Crippen LogP contribution is 2.22. The molecule has 0 aliphatic heterocycles. The van der Waals surface area contributed by atoms with Crippen molar-refractivity contribution in [1.29, 1.82) is 0 Å². The third-order valence-electron chi connectivity index (χ3n) is 3.98. The van der Waals surface area contributed by atoms with Gasteiger partial charge in [-0.1, -0.05) is 30.4 Å². The number of hydrogen-bond acceptors (Lipinski definition) is 3. The first kappa shape index (κ1) is 16.6. The molecule has 2 N–H and O–H groups in total. The summed E-state index contributed by atoms with van der Waals surface area (Å²) in [5, 5.41) is 12.8. The van der Waals surface area contributed by atoms with Crippen LogP contribution in [0.5, 0.6) is 5.75 Å². The van der Waals surface area contributed by atoms with Gasteiger partial charge in [-0.25, -0.2) is 0 Å². The molecule has 0 aromatic heterocycles. The fraction of sp³-hybridized carbons (Fsp3) is 0.500. The first-order chi connectivity index (χ1) is 10.6. The van der Waals surface area contributed by atoms with E-state index in [1.54, 1.807) is 0 Å². The molecule has 120 valence electrons. The molecule has 1 aliphatic carbocycles. The normalized spacial score (nSPS) is 18.8. The zero-order valence-corrected chi connectivity index (χ0v) is 13.3. The molecular formula is C18H25NO3.